The van der Waals surface area contributed by atoms with Crippen molar-refractivity contribution in [2.45, 2.75) is 32.0 Å². The summed E-state index contributed by atoms with van der Waals surface area (Å²) in [5.41, 5.74) is 1.43. The first-order valence-electron chi connectivity index (χ1n) is 6.70. The Hall–Kier alpha value is -1.17. The molecule has 0 unspecified atom stereocenters. The summed E-state index contributed by atoms with van der Waals surface area (Å²) in [5.74, 6) is 0. The number of thiophene rings is 1. The maximum Gasteiger partial charge on any atom is 0.0862 e. The quantitative estimate of drug-likeness (QED) is 0.928. The molecule has 0 saturated heterocycles. The highest BCUT2D eigenvalue weighted by molar-refractivity contribution is 7.10. The minimum absolute atomic E-state index is 0.373. The molecule has 102 valence electrons. The Morgan fingerprint density at radius 1 is 1.53 bits per heavy atom. The van der Waals surface area contributed by atoms with Crippen molar-refractivity contribution in [1.82, 2.24) is 14.7 Å². The molecule has 0 spiro atoms. The number of rotatable bonds is 4. The van der Waals surface area contributed by atoms with E-state index in [1.165, 1.54) is 10.4 Å². The van der Waals surface area contributed by atoms with Crippen LogP contribution in [0.1, 0.15) is 23.4 Å². The lowest BCUT2D eigenvalue weighted by Gasteiger charge is -2.34. The average Bonchev–Trinajstić information content (AvgIpc) is 3.03. The normalized spacial score (nSPS) is 21.3. The number of hydrogen-bond donors (Lipinski definition) is 1. The first kappa shape index (κ1) is 12.8. The number of aliphatic hydroxyl groups excluding tert-OH is 1. The molecule has 1 aliphatic rings. The van der Waals surface area contributed by atoms with E-state index in [4.69, 9.17) is 0 Å². The van der Waals surface area contributed by atoms with Crippen molar-refractivity contribution in [2.75, 3.05) is 13.1 Å². The van der Waals surface area contributed by atoms with Crippen molar-refractivity contribution < 1.29 is 5.11 Å². The van der Waals surface area contributed by atoms with E-state index in [1.807, 2.05) is 23.6 Å². The van der Waals surface area contributed by atoms with Gasteiger partial charge in [0, 0.05) is 36.4 Å². The van der Waals surface area contributed by atoms with E-state index >= 15 is 0 Å². The highest BCUT2D eigenvalue weighted by atomic mass is 32.1. The molecule has 0 fully saturated rings. The van der Waals surface area contributed by atoms with Crippen LogP contribution in [0.25, 0.3) is 0 Å². The Kier molecular flexibility index (Phi) is 3.68. The Morgan fingerprint density at radius 2 is 2.42 bits per heavy atom. The smallest absolute Gasteiger partial charge is 0.0862 e. The van der Waals surface area contributed by atoms with Crippen LogP contribution in [-0.2, 0) is 13.0 Å². The van der Waals surface area contributed by atoms with E-state index in [1.54, 1.807) is 10.9 Å². The molecule has 1 aliphatic heterocycles. The van der Waals surface area contributed by atoms with Crippen LogP contribution in [0, 0.1) is 0 Å². The van der Waals surface area contributed by atoms with Crippen molar-refractivity contribution in [3.63, 3.8) is 0 Å². The van der Waals surface area contributed by atoms with Gasteiger partial charge in [-0.3, -0.25) is 9.58 Å². The van der Waals surface area contributed by atoms with Crippen LogP contribution in [0.5, 0.6) is 0 Å². The predicted octanol–water partition coefficient (Wildman–Crippen LogP) is 1.92. The van der Waals surface area contributed by atoms with Crippen molar-refractivity contribution in [3.05, 3.63) is 40.3 Å². The molecule has 3 heterocycles. The summed E-state index contributed by atoms with van der Waals surface area (Å²) in [7, 11) is 0. The first-order chi connectivity index (χ1) is 9.24. The highest BCUT2D eigenvalue weighted by Gasteiger charge is 2.26. The number of β-amino-alcohol motifs (C(OH)–C–C–N with tert-alkyl or cyclic N) is 1. The average molecular weight is 277 g/mol. The molecule has 1 N–H and O–H groups in total. The number of hydrogen-bond acceptors (Lipinski definition) is 4. The van der Waals surface area contributed by atoms with Gasteiger partial charge in [0.15, 0.2) is 0 Å². The third-order valence-corrected chi connectivity index (χ3v) is 4.80. The van der Waals surface area contributed by atoms with Gasteiger partial charge in [0.05, 0.1) is 12.6 Å². The zero-order valence-corrected chi connectivity index (χ0v) is 11.9. The van der Waals surface area contributed by atoms with Crippen LogP contribution in [0.15, 0.2) is 29.9 Å². The standard InChI is InChI=1S/C14H19N3OS/c1-11-13-4-8-19-14(13)3-7-16(11)9-12(18)10-17-6-2-5-15-17/h2,4-6,8,11-12,18H,3,7,9-10H2,1H3/t11-,12-/m0/s1. The largest absolute Gasteiger partial charge is 0.390 e. The van der Waals surface area contributed by atoms with Crippen molar-refractivity contribution >= 4 is 11.3 Å². The maximum absolute atomic E-state index is 10.2. The summed E-state index contributed by atoms with van der Waals surface area (Å²) < 4.78 is 1.79. The molecule has 2 aromatic rings. The molecule has 0 bridgehead atoms. The number of aromatic nitrogens is 2. The fraction of sp³-hybridized carbons (Fsp3) is 0.500. The molecular weight excluding hydrogens is 258 g/mol. The Balaban J connectivity index is 1.61. The maximum atomic E-state index is 10.2. The van der Waals surface area contributed by atoms with Crippen molar-refractivity contribution in [1.29, 1.82) is 0 Å². The second kappa shape index (κ2) is 5.45. The number of aliphatic hydroxyl groups is 1. The van der Waals surface area contributed by atoms with Gasteiger partial charge in [0.2, 0.25) is 0 Å². The van der Waals surface area contributed by atoms with Crippen molar-refractivity contribution in [3.8, 4) is 0 Å². The lowest BCUT2D eigenvalue weighted by molar-refractivity contribution is 0.0732. The molecule has 19 heavy (non-hydrogen) atoms. The zero-order valence-electron chi connectivity index (χ0n) is 11.1. The fourth-order valence-electron chi connectivity index (χ4n) is 2.76. The third-order valence-electron chi connectivity index (χ3n) is 3.81. The molecular formula is C14H19N3OS. The van der Waals surface area contributed by atoms with E-state index in [0.29, 0.717) is 19.1 Å². The van der Waals surface area contributed by atoms with Gasteiger partial charge in [0.25, 0.3) is 0 Å². The minimum atomic E-state index is -0.373. The summed E-state index contributed by atoms with van der Waals surface area (Å²) in [6, 6.07) is 4.51. The van der Waals surface area contributed by atoms with Crippen molar-refractivity contribution in [2.24, 2.45) is 0 Å². The Bertz CT molecular complexity index is 523. The SMILES string of the molecule is C[C@H]1c2ccsc2CCN1C[C@H](O)Cn1cccn1. The van der Waals surface area contributed by atoms with Crippen LogP contribution in [0.3, 0.4) is 0 Å². The second-order valence-corrected chi connectivity index (χ2v) is 6.10. The fourth-order valence-corrected chi connectivity index (χ4v) is 3.73. The number of fused-ring (bicyclic) bond motifs is 1. The number of nitrogens with zero attached hydrogens (tertiary/aromatic N) is 3. The summed E-state index contributed by atoms with van der Waals surface area (Å²) in [6.07, 6.45) is 4.36. The topological polar surface area (TPSA) is 41.3 Å². The molecule has 3 rings (SSSR count). The van der Waals surface area contributed by atoms with Gasteiger partial charge in [-0.1, -0.05) is 0 Å². The molecule has 0 amide bonds. The summed E-state index contributed by atoms with van der Waals surface area (Å²) in [5, 5.41) is 16.5. The Morgan fingerprint density at radius 3 is 3.21 bits per heavy atom. The van der Waals surface area contributed by atoms with Crippen LogP contribution in [0.4, 0.5) is 0 Å². The lowest BCUT2D eigenvalue weighted by atomic mass is 10.0. The molecule has 0 aliphatic carbocycles. The van der Waals surface area contributed by atoms with Gasteiger partial charge < -0.3 is 5.11 Å². The molecule has 2 aromatic heterocycles. The molecule has 0 aromatic carbocycles. The van der Waals surface area contributed by atoms with E-state index in [0.717, 1.165) is 13.0 Å². The van der Waals surface area contributed by atoms with Crippen LogP contribution in [-0.4, -0.2) is 39.0 Å². The van der Waals surface area contributed by atoms with Gasteiger partial charge in [-0.25, -0.2) is 0 Å². The van der Waals surface area contributed by atoms with Gasteiger partial charge in [-0.05, 0) is 36.4 Å². The van der Waals surface area contributed by atoms with Crippen LogP contribution < -0.4 is 0 Å². The lowest BCUT2D eigenvalue weighted by Crippen LogP contribution is -2.40. The first-order valence-corrected chi connectivity index (χ1v) is 7.58. The van der Waals surface area contributed by atoms with Gasteiger partial charge in [-0.15, -0.1) is 11.3 Å². The van der Waals surface area contributed by atoms with E-state index in [9.17, 15) is 5.11 Å². The van der Waals surface area contributed by atoms with Gasteiger partial charge in [0.1, 0.15) is 0 Å². The monoisotopic (exact) mass is 277 g/mol. The molecule has 4 nitrogen and oxygen atoms in total. The summed E-state index contributed by atoms with van der Waals surface area (Å²) >= 11 is 1.85. The second-order valence-electron chi connectivity index (χ2n) is 5.10. The molecule has 5 heteroatoms. The van der Waals surface area contributed by atoms with E-state index in [2.05, 4.69) is 28.4 Å². The minimum Gasteiger partial charge on any atom is -0.390 e. The molecule has 0 saturated carbocycles. The molecule has 0 radical (unpaired) electrons. The molecule has 2 atom stereocenters. The van der Waals surface area contributed by atoms with Gasteiger partial charge >= 0.3 is 0 Å². The highest BCUT2D eigenvalue weighted by Crippen LogP contribution is 2.32. The van der Waals surface area contributed by atoms with Crippen LogP contribution in [0.2, 0.25) is 0 Å². The summed E-state index contributed by atoms with van der Waals surface area (Å²) in [6.45, 7) is 4.53. The third kappa shape index (κ3) is 2.73. The van der Waals surface area contributed by atoms with E-state index < -0.39 is 0 Å². The zero-order chi connectivity index (χ0) is 13.2. The van der Waals surface area contributed by atoms with Gasteiger partial charge in [-0.2, -0.15) is 5.10 Å². The Labute approximate surface area is 117 Å². The van der Waals surface area contributed by atoms with Crippen LogP contribution >= 0.6 is 11.3 Å². The summed E-state index contributed by atoms with van der Waals surface area (Å²) in [4.78, 5) is 3.87. The van der Waals surface area contributed by atoms with E-state index in [-0.39, 0.29) is 6.10 Å². The predicted molar refractivity (Wildman–Crippen MR) is 76.2 cm³/mol.